The summed E-state index contributed by atoms with van der Waals surface area (Å²) >= 11 is 3.39. The Hall–Kier alpha value is -1.49. The molecule has 0 fully saturated rings. The van der Waals surface area contributed by atoms with Gasteiger partial charge in [-0.1, -0.05) is 6.92 Å². The van der Waals surface area contributed by atoms with Gasteiger partial charge in [0, 0.05) is 16.2 Å². The molecule has 1 heterocycles. The van der Waals surface area contributed by atoms with Crippen molar-refractivity contribution in [2.75, 3.05) is 0 Å². The van der Waals surface area contributed by atoms with E-state index in [1.54, 1.807) is 24.4 Å². The molecule has 16 heavy (non-hydrogen) atoms. The Morgan fingerprint density at radius 3 is 2.94 bits per heavy atom. The molecule has 0 spiro atoms. The zero-order chi connectivity index (χ0) is 11.7. The van der Waals surface area contributed by atoms with Gasteiger partial charge in [0.15, 0.2) is 0 Å². The van der Waals surface area contributed by atoms with E-state index in [0.29, 0.717) is 17.3 Å². The SMILES string of the molecule is CCc1cc(Br)c2ncccc2c1[N+](=O)[O-]. The van der Waals surface area contributed by atoms with Crippen LogP contribution in [0.25, 0.3) is 10.9 Å². The van der Waals surface area contributed by atoms with Crippen LogP contribution in [0.1, 0.15) is 12.5 Å². The summed E-state index contributed by atoms with van der Waals surface area (Å²) in [6.07, 6.45) is 2.25. The van der Waals surface area contributed by atoms with Crippen molar-refractivity contribution in [3.63, 3.8) is 0 Å². The molecule has 82 valence electrons. The second-order valence-corrected chi connectivity index (χ2v) is 4.23. The predicted molar refractivity (Wildman–Crippen MR) is 65.5 cm³/mol. The third-order valence-corrected chi connectivity index (χ3v) is 3.06. The monoisotopic (exact) mass is 280 g/mol. The number of pyridine rings is 1. The van der Waals surface area contributed by atoms with Crippen LogP contribution in [0.3, 0.4) is 0 Å². The third kappa shape index (κ3) is 1.67. The molecule has 5 heteroatoms. The van der Waals surface area contributed by atoms with Crippen molar-refractivity contribution in [2.45, 2.75) is 13.3 Å². The Balaban J connectivity index is 2.92. The number of aromatic nitrogens is 1. The molecular weight excluding hydrogens is 272 g/mol. The Morgan fingerprint density at radius 1 is 1.56 bits per heavy atom. The van der Waals surface area contributed by atoms with Gasteiger partial charge in [-0.05, 0) is 40.5 Å². The molecule has 2 rings (SSSR count). The summed E-state index contributed by atoms with van der Waals surface area (Å²) in [7, 11) is 0. The Morgan fingerprint density at radius 2 is 2.31 bits per heavy atom. The lowest BCUT2D eigenvalue weighted by atomic mass is 10.1. The number of benzene rings is 1. The van der Waals surface area contributed by atoms with E-state index in [0.717, 1.165) is 10.0 Å². The van der Waals surface area contributed by atoms with Gasteiger partial charge in [0.2, 0.25) is 0 Å². The van der Waals surface area contributed by atoms with Gasteiger partial charge in [-0.3, -0.25) is 15.1 Å². The van der Waals surface area contributed by atoms with Crippen LogP contribution >= 0.6 is 15.9 Å². The van der Waals surface area contributed by atoms with Crippen molar-refractivity contribution in [1.82, 2.24) is 4.98 Å². The van der Waals surface area contributed by atoms with Crippen LogP contribution in [-0.4, -0.2) is 9.91 Å². The number of hydrogen-bond donors (Lipinski definition) is 0. The minimum atomic E-state index is -0.338. The standard InChI is InChI=1S/C11H9BrN2O2/c1-2-7-6-9(12)10-8(4-3-5-13-10)11(7)14(15)16/h3-6H,2H2,1H3. The molecule has 0 bridgehead atoms. The van der Waals surface area contributed by atoms with E-state index in [4.69, 9.17) is 0 Å². The molecule has 0 unspecified atom stereocenters. The molecule has 0 aliphatic rings. The number of hydrogen-bond acceptors (Lipinski definition) is 3. The third-order valence-electron chi connectivity index (χ3n) is 2.46. The van der Waals surface area contributed by atoms with Gasteiger partial charge in [-0.25, -0.2) is 0 Å². The number of aryl methyl sites for hydroxylation is 1. The Bertz CT molecular complexity index is 569. The van der Waals surface area contributed by atoms with Gasteiger partial charge in [0.1, 0.15) is 0 Å². The second-order valence-electron chi connectivity index (χ2n) is 3.38. The number of fused-ring (bicyclic) bond motifs is 1. The lowest BCUT2D eigenvalue weighted by molar-refractivity contribution is -0.383. The minimum absolute atomic E-state index is 0.161. The van der Waals surface area contributed by atoms with E-state index >= 15 is 0 Å². The summed E-state index contributed by atoms with van der Waals surface area (Å²) in [5, 5.41) is 11.7. The van der Waals surface area contributed by atoms with Gasteiger partial charge in [0.05, 0.1) is 15.8 Å². The van der Waals surface area contributed by atoms with Crippen molar-refractivity contribution < 1.29 is 4.92 Å². The first-order valence-electron chi connectivity index (χ1n) is 4.85. The zero-order valence-electron chi connectivity index (χ0n) is 8.61. The average molecular weight is 281 g/mol. The van der Waals surface area contributed by atoms with Crippen LogP contribution in [0.15, 0.2) is 28.9 Å². The van der Waals surface area contributed by atoms with Crippen molar-refractivity contribution in [3.8, 4) is 0 Å². The number of nitro groups is 1. The molecule has 0 atom stereocenters. The van der Waals surface area contributed by atoms with E-state index in [2.05, 4.69) is 20.9 Å². The smallest absolute Gasteiger partial charge is 0.258 e. The van der Waals surface area contributed by atoms with E-state index in [1.807, 2.05) is 6.92 Å². The molecule has 0 N–H and O–H groups in total. The molecule has 0 amide bonds. The lowest BCUT2D eigenvalue weighted by Gasteiger charge is -2.05. The summed E-state index contributed by atoms with van der Waals surface area (Å²) in [5.74, 6) is 0. The number of halogens is 1. The maximum Gasteiger partial charge on any atom is 0.281 e. The van der Waals surface area contributed by atoms with Crippen molar-refractivity contribution in [2.24, 2.45) is 0 Å². The minimum Gasteiger partial charge on any atom is -0.258 e. The fraction of sp³-hybridized carbons (Fsp3) is 0.182. The molecule has 4 nitrogen and oxygen atoms in total. The maximum atomic E-state index is 11.1. The molecule has 1 aromatic heterocycles. The maximum absolute atomic E-state index is 11.1. The normalized spacial score (nSPS) is 10.6. The molecule has 0 saturated heterocycles. The van der Waals surface area contributed by atoms with Gasteiger partial charge in [-0.2, -0.15) is 0 Å². The van der Waals surface area contributed by atoms with Gasteiger partial charge in [-0.15, -0.1) is 0 Å². The summed E-state index contributed by atoms with van der Waals surface area (Å²) in [4.78, 5) is 14.9. The second kappa shape index (κ2) is 4.17. The van der Waals surface area contributed by atoms with Gasteiger partial charge >= 0.3 is 0 Å². The fourth-order valence-electron chi connectivity index (χ4n) is 1.73. The van der Waals surface area contributed by atoms with Crippen LogP contribution in [0.5, 0.6) is 0 Å². The molecule has 0 aliphatic carbocycles. The first kappa shape index (κ1) is 11.0. The van der Waals surface area contributed by atoms with E-state index in [1.165, 1.54) is 0 Å². The Kier molecular flexibility index (Phi) is 2.87. The van der Waals surface area contributed by atoms with Crippen molar-refractivity contribution >= 4 is 32.5 Å². The highest BCUT2D eigenvalue weighted by Gasteiger charge is 2.19. The van der Waals surface area contributed by atoms with Crippen LogP contribution in [-0.2, 0) is 6.42 Å². The molecule has 1 aromatic carbocycles. The van der Waals surface area contributed by atoms with Crippen LogP contribution in [0.2, 0.25) is 0 Å². The first-order valence-corrected chi connectivity index (χ1v) is 5.65. The summed E-state index contributed by atoms with van der Waals surface area (Å²) in [6.45, 7) is 1.90. The van der Waals surface area contributed by atoms with Gasteiger partial charge < -0.3 is 0 Å². The van der Waals surface area contributed by atoms with E-state index < -0.39 is 0 Å². The molecular formula is C11H9BrN2O2. The predicted octanol–water partition coefficient (Wildman–Crippen LogP) is 3.47. The quantitative estimate of drug-likeness (QED) is 0.625. The molecule has 0 aliphatic heterocycles. The fourth-order valence-corrected chi connectivity index (χ4v) is 2.33. The first-order chi connectivity index (χ1) is 7.65. The number of nitro benzene ring substituents is 1. The Labute approximate surface area is 101 Å². The van der Waals surface area contributed by atoms with Crippen molar-refractivity contribution in [3.05, 3.63) is 44.5 Å². The van der Waals surface area contributed by atoms with Crippen LogP contribution in [0.4, 0.5) is 5.69 Å². The van der Waals surface area contributed by atoms with Crippen LogP contribution < -0.4 is 0 Å². The largest absolute Gasteiger partial charge is 0.281 e. The number of nitrogens with zero attached hydrogens (tertiary/aromatic N) is 2. The molecule has 2 aromatic rings. The molecule has 0 radical (unpaired) electrons. The van der Waals surface area contributed by atoms with Gasteiger partial charge in [0.25, 0.3) is 5.69 Å². The molecule has 0 saturated carbocycles. The summed E-state index contributed by atoms with van der Waals surface area (Å²) < 4.78 is 0.797. The van der Waals surface area contributed by atoms with Crippen LogP contribution in [0, 0.1) is 10.1 Å². The average Bonchev–Trinajstić information content (AvgIpc) is 2.28. The highest BCUT2D eigenvalue weighted by atomic mass is 79.9. The van der Waals surface area contributed by atoms with E-state index in [-0.39, 0.29) is 10.6 Å². The summed E-state index contributed by atoms with van der Waals surface area (Å²) in [5.41, 5.74) is 1.51. The van der Waals surface area contributed by atoms with E-state index in [9.17, 15) is 10.1 Å². The highest BCUT2D eigenvalue weighted by molar-refractivity contribution is 9.10. The number of rotatable bonds is 2. The van der Waals surface area contributed by atoms with Crippen molar-refractivity contribution in [1.29, 1.82) is 0 Å². The topological polar surface area (TPSA) is 56.0 Å². The summed E-state index contributed by atoms with van der Waals surface area (Å²) in [6, 6.07) is 5.21. The lowest BCUT2D eigenvalue weighted by Crippen LogP contribution is -1.97. The highest BCUT2D eigenvalue weighted by Crippen LogP contribution is 2.33. The zero-order valence-corrected chi connectivity index (χ0v) is 10.2.